The topological polar surface area (TPSA) is 78.0 Å². The maximum absolute atomic E-state index is 12.5. The van der Waals surface area contributed by atoms with E-state index in [9.17, 15) is 18.0 Å². The van der Waals surface area contributed by atoms with Crippen molar-refractivity contribution in [3.05, 3.63) is 34.3 Å². The molecule has 1 atom stereocenters. The van der Waals surface area contributed by atoms with Crippen LogP contribution in [-0.2, 0) is 10.2 Å². The summed E-state index contributed by atoms with van der Waals surface area (Å²) >= 11 is 6.03. The Balaban J connectivity index is 1.87. The summed E-state index contributed by atoms with van der Waals surface area (Å²) in [4.78, 5) is 26.2. The van der Waals surface area contributed by atoms with Crippen molar-refractivity contribution in [1.29, 1.82) is 0 Å². The van der Waals surface area contributed by atoms with E-state index in [2.05, 4.69) is 0 Å². The molecule has 23 heavy (non-hydrogen) atoms. The number of hydrogen-bond donors (Lipinski definition) is 0. The summed E-state index contributed by atoms with van der Waals surface area (Å²) in [6, 6.07) is 4.26. The highest BCUT2D eigenvalue weighted by molar-refractivity contribution is 7.86. The van der Waals surface area contributed by atoms with Crippen LogP contribution in [0.2, 0.25) is 5.02 Å². The van der Waals surface area contributed by atoms with Gasteiger partial charge >= 0.3 is 0 Å². The lowest BCUT2D eigenvalue weighted by Crippen LogP contribution is -2.44. The molecule has 124 valence electrons. The standard InChI is InChI=1S/C14H16ClN3O4S/c1-16(2)23(21,22)17-7-6-9(8-17)18-13(19)10-4-3-5-11(15)12(10)14(18)20/h3-5,9H,6-8H2,1-2H3. The molecule has 0 aliphatic carbocycles. The molecule has 0 N–H and O–H groups in total. The van der Waals surface area contributed by atoms with E-state index >= 15 is 0 Å². The Bertz CT molecular complexity index is 793. The molecule has 0 aromatic heterocycles. The summed E-state index contributed by atoms with van der Waals surface area (Å²) in [5, 5.41) is 0.235. The first-order valence-corrected chi connectivity index (χ1v) is 8.86. The molecule has 2 aliphatic heterocycles. The highest BCUT2D eigenvalue weighted by atomic mass is 35.5. The predicted molar refractivity (Wildman–Crippen MR) is 84.5 cm³/mol. The Morgan fingerprint density at radius 2 is 1.91 bits per heavy atom. The second-order valence-electron chi connectivity index (χ2n) is 5.73. The molecule has 2 heterocycles. The number of halogens is 1. The van der Waals surface area contributed by atoms with E-state index in [0.717, 1.165) is 9.21 Å². The number of carbonyl (C=O) groups excluding carboxylic acids is 2. The fourth-order valence-corrected chi connectivity index (χ4v) is 4.37. The van der Waals surface area contributed by atoms with Crippen LogP contribution in [0.4, 0.5) is 0 Å². The van der Waals surface area contributed by atoms with Crippen LogP contribution in [0.1, 0.15) is 27.1 Å². The van der Waals surface area contributed by atoms with Crippen molar-refractivity contribution >= 4 is 33.6 Å². The van der Waals surface area contributed by atoms with E-state index in [1.807, 2.05) is 0 Å². The van der Waals surface area contributed by atoms with Crippen LogP contribution in [0.25, 0.3) is 0 Å². The van der Waals surface area contributed by atoms with Gasteiger partial charge in [0.15, 0.2) is 0 Å². The third-order valence-electron chi connectivity index (χ3n) is 4.17. The van der Waals surface area contributed by atoms with Gasteiger partial charge in [0.25, 0.3) is 22.0 Å². The Morgan fingerprint density at radius 3 is 2.52 bits per heavy atom. The van der Waals surface area contributed by atoms with Crippen molar-refractivity contribution in [3.8, 4) is 0 Å². The van der Waals surface area contributed by atoms with Crippen molar-refractivity contribution in [1.82, 2.24) is 13.5 Å². The number of imide groups is 1. The second kappa shape index (κ2) is 5.55. The molecule has 1 aromatic carbocycles. The zero-order valence-corrected chi connectivity index (χ0v) is 14.3. The van der Waals surface area contributed by atoms with Crippen molar-refractivity contribution < 1.29 is 18.0 Å². The molecule has 1 fully saturated rings. The number of benzene rings is 1. The van der Waals surface area contributed by atoms with Gasteiger partial charge in [-0.3, -0.25) is 14.5 Å². The zero-order chi connectivity index (χ0) is 16.9. The lowest BCUT2D eigenvalue weighted by atomic mass is 10.1. The molecule has 3 rings (SSSR count). The van der Waals surface area contributed by atoms with Gasteiger partial charge in [-0.1, -0.05) is 17.7 Å². The first-order chi connectivity index (χ1) is 10.7. The maximum atomic E-state index is 12.5. The van der Waals surface area contributed by atoms with Gasteiger partial charge in [-0.25, -0.2) is 0 Å². The van der Waals surface area contributed by atoms with Crippen LogP contribution < -0.4 is 0 Å². The number of amides is 2. The molecule has 2 aliphatic rings. The van der Waals surface area contributed by atoms with Crippen molar-refractivity contribution in [2.75, 3.05) is 27.2 Å². The van der Waals surface area contributed by atoms with Gasteiger partial charge in [-0.15, -0.1) is 0 Å². The number of rotatable bonds is 3. The van der Waals surface area contributed by atoms with Crippen molar-refractivity contribution in [2.45, 2.75) is 12.5 Å². The Morgan fingerprint density at radius 1 is 1.22 bits per heavy atom. The molecule has 0 spiro atoms. The number of fused-ring (bicyclic) bond motifs is 1. The third-order valence-corrected chi connectivity index (χ3v) is 6.40. The summed E-state index contributed by atoms with van der Waals surface area (Å²) in [5.74, 6) is -0.869. The third kappa shape index (κ3) is 2.46. The van der Waals surface area contributed by atoms with E-state index in [0.29, 0.717) is 6.42 Å². The average Bonchev–Trinajstić information content (AvgIpc) is 3.04. The molecule has 2 amide bonds. The zero-order valence-electron chi connectivity index (χ0n) is 12.7. The summed E-state index contributed by atoms with van der Waals surface area (Å²) in [6.45, 7) is 0.371. The normalized spacial score (nSPS) is 22.3. The maximum Gasteiger partial charge on any atom is 0.281 e. The molecule has 0 radical (unpaired) electrons. The van der Waals surface area contributed by atoms with Crippen molar-refractivity contribution in [3.63, 3.8) is 0 Å². The van der Waals surface area contributed by atoms with Crippen LogP contribution in [-0.4, -0.2) is 67.0 Å². The van der Waals surface area contributed by atoms with Crippen LogP contribution in [0.15, 0.2) is 18.2 Å². The van der Waals surface area contributed by atoms with Crippen LogP contribution in [0.3, 0.4) is 0 Å². The average molecular weight is 358 g/mol. The Labute approximate surface area is 139 Å². The monoisotopic (exact) mass is 357 g/mol. The molecule has 1 saturated heterocycles. The van der Waals surface area contributed by atoms with Crippen LogP contribution in [0.5, 0.6) is 0 Å². The van der Waals surface area contributed by atoms with E-state index in [1.165, 1.54) is 18.4 Å². The first kappa shape index (κ1) is 16.4. The fraction of sp³-hybridized carbons (Fsp3) is 0.429. The molecular weight excluding hydrogens is 342 g/mol. The number of nitrogens with zero attached hydrogens (tertiary/aromatic N) is 3. The minimum atomic E-state index is -3.56. The van der Waals surface area contributed by atoms with Crippen LogP contribution >= 0.6 is 11.6 Å². The molecule has 0 bridgehead atoms. The second-order valence-corrected chi connectivity index (χ2v) is 8.28. The van der Waals surface area contributed by atoms with Gasteiger partial charge in [-0.2, -0.15) is 17.0 Å². The fourth-order valence-electron chi connectivity index (χ4n) is 2.96. The van der Waals surface area contributed by atoms with Crippen LogP contribution in [0, 0.1) is 0 Å². The van der Waals surface area contributed by atoms with Gasteiger partial charge < -0.3 is 0 Å². The highest BCUT2D eigenvalue weighted by Crippen LogP contribution is 2.32. The summed E-state index contributed by atoms with van der Waals surface area (Å²) in [5.41, 5.74) is 0.476. The van der Waals surface area contributed by atoms with Gasteiger partial charge in [0.2, 0.25) is 0 Å². The smallest absolute Gasteiger partial charge is 0.270 e. The van der Waals surface area contributed by atoms with Gasteiger partial charge in [0.05, 0.1) is 22.2 Å². The SMILES string of the molecule is CN(C)S(=O)(=O)N1CCC(N2C(=O)c3cccc(Cl)c3C2=O)C1. The Hall–Kier alpha value is -1.48. The number of carbonyl (C=O) groups is 2. The van der Waals surface area contributed by atoms with E-state index in [1.54, 1.807) is 18.2 Å². The van der Waals surface area contributed by atoms with E-state index in [-0.39, 0.29) is 29.2 Å². The van der Waals surface area contributed by atoms with Gasteiger partial charge in [0, 0.05) is 27.2 Å². The summed E-state index contributed by atoms with van der Waals surface area (Å²) < 4.78 is 26.7. The lowest BCUT2D eigenvalue weighted by molar-refractivity contribution is 0.0593. The molecular formula is C14H16ClN3O4S. The first-order valence-electron chi connectivity index (χ1n) is 7.09. The largest absolute Gasteiger partial charge is 0.281 e. The number of hydrogen-bond acceptors (Lipinski definition) is 4. The molecule has 9 heteroatoms. The van der Waals surface area contributed by atoms with Gasteiger partial charge in [0.1, 0.15) is 0 Å². The van der Waals surface area contributed by atoms with E-state index in [4.69, 9.17) is 11.6 Å². The quantitative estimate of drug-likeness (QED) is 0.750. The molecule has 1 unspecified atom stereocenters. The molecule has 0 saturated carbocycles. The highest BCUT2D eigenvalue weighted by Gasteiger charge is 2.45. The predicted octanol–water partition coefficient (Wildman–Crippen LogP) is 0.817. The Kier molecular flexibility index (Phi) is 3.96. The lowest BCUT2D eigenvalue weighted by Gasteiger charge is -2.24. The summed E-state index contributed by atoms with van der Waals surface area (Å²) in [6.07, 6.45) is 0.413. The van der Waals surface area contributed by atoms with Gasteiger partial charge in [-0.05, 0) is 18.6 Å². The molecule has 7 nitrogen and oxygen atoms in total. The minimum Gasteiger partial charge on any atom is -0.270 e. The van der Waals surface area contributed by atoms with Crippen molar-refractivity contribution in [2.24, 2.45) is 0 Å². The molecule has 1 aromatic rings. The van der Waals surface area contributed by atoms with E-state index < -0.39 is 28.1 Å². The minimum absolute atomic E-state index is 0.101. The summed E-state index contributed by atoms with van der Waals surface area (Å²) in [7, 11) is -0.661.